The lowest BCUT2D eigenvalue weighted by Gasteiger charge is -2.11. The molecule has 1 rings (SSSR count). The zero-order chi connectivity index (χ0) is 14.5. The van der Waals surface area contributed by atoms with Gasteiger partial charge in [-0.1, -0.05) is 46.6 Å². The second kappa shape index (κ2) is 6.82. The SMILES string of the molecule is C/C(=N\OCC=C(Cl)Cl)c1ccccc1C(F)(F)F. The summed E-state index contributed by atoms with van der Waals surface area (Å²) in [5.74, 6) is 0. The van der Waals surface area contributed by atoms with Crippen LogP contribution in [0.4, 0.5) is 13.2 Å². The van der Waals surface area contributed by atoms with Crippen molar-refractivity contribution in [3.05, 3.63) is 46.0 Å². The average molecular weight is 312 g/mol. The molecule has 0 fully saturated rings. The topological polar surface area (TPSA) is 21.6 Å². The maximum absolute atomic E-state index is 12.8. The molecule has 2 nitrogen and oxygen atoms in total. The van der Waals surface area contributed by atoms with Crippen LogP contribution in [0.2, 0.25) is 0 Å². The Bertz CT molecular complexity index is 494. The van der Waals surface area contributed by atoms with Crippen molar-refractivity contribution in [2.75, 3.05) is 6.61 Å². The molecule has 0 radical (unpaired) electrons. The van der Waals surface area contributed by atoms with E-state index in [1.165, 1.54) is 31.2 Å². The largest absolute Gasteiger partial charge is 0.417 e. The van der Waals surface area contributed by atoms with Crippen molar-refractivity contribution in [1.82, 2.24) is 0 Å². The molecule has 0 atom stereocenters. The molecule has 0 heterocycles. The molecule has 104 valence electrons. The Kier molecular flexibility index (Phi) is 5.69. The van der Waals surface area contributed by atoms with Gasteiger partial charge in [0.25, 0.3) is 0 Å². The molecule has 0 aromatic heterocycles. The Morgan fingerprint density at radius 1 is 1.32 bits per heavy atom. The highest BCUT2D eigenvalue weighted by Gasteiger charge is 2.33. The molecular weight excluding hydrogens is 302 g/mol. The molecule has 0 amide bonds. The molecule has 0 aliphatic heterocycles. The summed E-state index contributed by atoms with van der Waals surface area (Å²) >= 11 is 10.7. The fourth-order valence-electron chi connectivity index (χ4n) is 1.33. The molecule has 0 spiro atoms. The Labute approximate surface area is 118 Å². The van der Waals surface area contributed by atoms with Gasteiger partial charge in [0, 0.05) is 5.56 Å². The third kappa shape index (κ3) is 5.12. The van der Waals surface area contributed by atoms with E-state index in [9.17, 15) is 13.2 Å². The van der Waals surface area contributed by atoms with Crippen LogP contribution in [-0.4, -0.2) is 12.3 Å². The van der Waals surface area contributed by atoms with Gasteiger partial charge in [0.1, 0.15) is 11.1 Å². The van der Waals surface area contributed by atoms with Gasteiger partial charge >= 0.3 is 6.18 Å². The minimum absolute atomic E-state index is 0.00328. The first kappa shape index (κ1) is 15.9. The quantitative estimate of drug-likeness (QED) is 0.446. The summed E-state index contributed by atoms with van der Waals surface area (Å²) in [5, 5.41) is 3.60. The fraction of sp³-hybridized carbons (Fsp3) is 0.250. The molecule has 0 aliphatic rings. The van der Waals surface area contributed by atoms with Crippen LogP contribution in [0, 0.1) is 0 Å². The Hall–Kier alpha value is -1.20. The summed E-state index contributed by atoms with van der Waals surface area (Å²) in [7, 11) is 0. The Morgan fingerprint density at radius 2 is 1.95 bits per heavy atom. The van der Waals surface area contributed by atoms with Crippen molar-refractivity contribution >= 4 is 28.9 Å². The molecule has 0 N–H and O–H groups in total. The van der Waals surface area contributed by atoms with Crippen LogP contribution in [0.5, 0.6) is 0 Å². The minimum Gasteiger partial charge on any atom is -0.391 e. The van der Waals surface area contributed by atoms with Crippen molar-refractivity contribution in [3.8, 4) is 0 Å². The zero-order valence-corrected chi connectivity index (χ0v) is 11.4. The van der Waals surface area contributed by atoms with Crippen LogP contribution in [0.15, 0.2) is 40.0 Å². The first-order valence-electron chi connectivity index (χ1n) is 5.16. The summed E-state index contributed by atoms with van der Waals surface area (Å²) in [5.41, 5.74) is -0.672. The van der Waals surface area contributed by atoms with Gasteiger partial charge in [-0.15, -0.1) is 0 Å². The first-order chi connectivity index (χ1) is 8.82. The van der Waals surface area contributed by atoms with E-state index in [4.69, 9.17) is 28.0 Å². The summed E-state index contributed by atoms with van der Waals surface area (Å²) in [6, 6.07) is 5.13. The molecular formula is C12H10Cl2F3NO. The van der Waals surface area contributed by atoms with Crippen molar-refractivity contribution in [2.24, 2.45) is 5.16 Å². The lowest BCUT2D eigenvalue weighted by Crippen LogP contribution is -2.12. The van der Waals surface area contributed by atoms with Gasteiger partial charge in [0.2, 0.25) is 0 Å². The third-order valence-electron chi connectivity index (χ3n) is 2.14. The highest BCUT2D eigenvalue weighted by Crippen LogP contribution is 2.32. The predicted molar refractivity (Wildman–Crippen MR) is 69.4 cm³/mol. The Balaban J connectivity index is 2.91. The van der Waals surface area contributed by atoms with Crippen molar-refractivity contribution in [2.45, 2.75) is 13.1 Å². The minimum atomic E-state index is -4.44. The lowest BCUT2D eigenvalue weighted by molar-refractivity contribution is -0.137. The molecule has 0 saturated carbocycles. The summed E-state index contributed by atoms with van der Waals surface area (Å²) in [6.07, 6.45) is -3.11. The fourth-order valence-corrected chi connectivity index (χ4v) is 1.46. The zero-order valence-electron chi connectivity index (χ0n) is 9.84. The van der Waals surface area contributed by atoms with E-state index in [2.05, 4.69) is 5.16 Å². The summed E-state index contributed by atoms with van der Waals surface area (Å²) in [4.78, 5) is 4.80. The van der Waals surface area contributed by atoms with Crippen molar-refractivity contribution in [1.29, 1.82) is 0 Å². The van der Waals surface area contributed by atoms with Gasteiger partial charge in [-0.05, 0) is 19.1 Å². The average Bonchev–Trinajstić information content (AvgIpc) is 2.33. The number of rotatable bonds is 4. The van der Waals surface area contributed by atoms with E-state index >= 15 is 0 Å². The standard InChI is InChI=1S/C12H10Cl2F3NO/c1-8(18-19-7-6-11(13)14)9-4-2-3-5-10(9)12(15,16)17/h2-6H,7H2,1H3/b18-8+. The van der Waals surface area contributed by atoms with Crippen LogP contribution in [0.1, 0.15) is 18.1 Å². The maximum Gasteiger partial charge on any atom is 0.417 e. The first-order valence-corrected chi connectivity index (χ1v) is 5.92. The van der Waals surface area contributed by atoms with Crippen molar-refractivity contribution in [3.63, 3.8) is 0 Å². The van der Waals surface area contributed by atoms with Gasteiger partial charge in [-0.2, -0.15) is 13.2 Å². The summed E-state index contributed by atoms with van der Waals surface area (Å²) < 4.78 is 38.3. The third-order valence-corrected chi connectivity index (χ3v) is 2.44. The van der Waals surface area contributed by atoms with Crippen LogP contribution in [0.3, 0.4) is 0 Å². The maximum atomic E-state index is 12.8. The number of benzene rings is 1. The predicted octanol–water partition coefficient (Wildman–Crippen LogP) is 4.77. The van der Waals surface area contributed by atoms with E-state index in [0.717, 1.165) is 6.07 Å². The van der Waals surface area contributed by atoms with Gasteiger partial charge in [-0.25, -0.2) is 0 Å². The highest BCUT2D eigenvalue weighted by atomic mass is 35.5. The molecule has 7 heteroatoms. The molecule has 1 aromatic carbocycles. The molecule has 1 aromatic rings. The van der Waals surface area contributed by atoms with Crippen LogP contribution < -0.4 is 0 Å². The number of halogens is 5. The van der Waals surface area contributed by atoms with E-state index in [-0.39, 0.29) is 22.4 Å². The smallest absolute Gasteiger partial charge is 0.391 e. The van der Waals surface area contributed by atoms with Gasteiger partial charge in [0.05, 0.1) is 11.3 Å². The summed E-state index contributed by atoms with van der Waals surface area (Å²) in [6.45, 7) is 1.41. The number of nitrogens with zero attached hydrogens (tertiary/aromatic N) is 1. The number of hydrogen-bond acceptors (Lipinski definition) is 2. The normalized spacial score (nSPS) is 12.2. The highest BCUT2D eigenvalue weighted by molar-refractivity contribution is 6.55. The van der Waals surface area contributed by atoms with E-state index in [1.807, 2.05) is 0 Å². The molecule has 0 unspecified atom stereocenters. The van der Waals surface area contributed by atoms with Crippen LogP contribution in [-0.2, 0) is 11.0 Å². The van der Waals surface area contributed by atoms with Gasteiger partial charge in [0.15, 0.2) is 0 Å². The number of oxime groups is 1. The number of hydrogen-bond donors (Lipinski definition) is 0. The Morgan fingerprint density at radius 3 is 2.53 bits per heavy atom. The van der Waals surface area contributed by atoms with Gasteiger partial charge < -0.3 is 4.84 Å². The lowest BCUT2D eigenvalue weighted by atomic mass is 10.0. The van der Waals surface area contributed by atoms with Crippen LogP contribution in [0.25, 0.3) is 0 Å². The number of alkyl halides is 3. The molecule has 0 bridgehead atoms. The van der Waals surface area contributed by atoms with E-state index < -0.39 is 11.7 Å². The van der Waals surface area contributed by atoms with Crippen molar-refractivity contribution < 1.29 is 18.0 Å². The van der Waals surface area contributed by atoms with Crippen LogP contribution >= 0.6 is 23.2 Å². The second-order valence-corrected chi connectivity index (χ2v) is 4.52. The molecule has 0 saturated heterocycles. The molecule has 0 aliphatic carbocycles. The second-order valence-electron chi connectivity index (χ2n) is 3.51. The van der Waals surface area contributed by atoms with Gasteiger partial charge in [-0.3, -0.25) is 0 Å². The monoisotopic (exact) mass is 311 g/mol. The molecule has 19 heavy (non-hydrogen) atoms. The van der Waals surface area contributed by atoms with E-state index in [1.54, 1.807) is 0 Å². The van der Waals surface area contributed by atoms with E-state index in [0.29, 0.717) is 0 Å².